The van der Waals surface area contributed by atoms with E-state index in [2.05, 4.69) is 4.90 Å². The first-order valence-electron chi connectivity index (χ1n) is 12.0. The van der Waals surface area contributed by atoms with Crippen LogP contribution in [0.3, 0.4) is 0 Å². The summed E-state index contributed by atoms with van der Waals surface area (Å²) in [5, 5.41) is 11.6. The van der Waals surface area contributed by atoms with E-state index in [0.717, 1.165) is 6.07 Å². The molecule has 0 bridgehead atoms. The van der Waals surface area contributed by atoms with E-state index < -0.39 is 23.2 Å². The lowest BCUT2D eigenvalue weighted by Crippen LogP contribution is -2.57. The Hall–Kier alpha value is -2.38. The molecule has 0 unspecified atom stereocenters. The molecule has 0 radical (unpaired) electrons. The maximum atomic E-state index is 14.7. The van der Waals surface area contributed by atoms with Crippen LogP contribution in [0.2, 0.25) is 0 Å². The normalized spacial score (nSPS) is 30.2. The Morgan fingerprint density at radius 1 is 0.941 bits per heavy atom. The second kappa shape index (κ2) is 9.34. The van der Waals surface area contributed by atoms with Crippen molar-refractivity contribution < 1.29 is 23.1 Å². The molecule has 184 valence electrons. The fourth-order valence-electron chi connectivity index (χ4n) is 5.82. The lowest BCUT2D eigenvalue weighted by Gasteiger charge is -2.48. The largest absolute Gasteiger partial charge is 0.384 e. The maximum Gasteiger partial charge on any atom is 0.227 e. The zero-order valence-electron chi connectivity index (χ0n) is 20.1. The number of carbonyl (C=O) groups excluding carboxylic acids is 1. The molecule has 2 aromatic carbocycles. The predicted molar refractivity (Wildman–Crippen MR) is 125 cm³/mol. The highest BCUT2D eigenvalue weighted by molar-refractivity contribution is 5.81. The zero-order chi connectivity index (χ0) is 24.8. The van der Waals surface area contributed by atoms with Crippen LogP contribution >= 0.6 is 0 Å². The zero-order valence-corrected chi connectivity index (χ0v) is 20.1. The maximum absolute atomic E-state index is 14.7. The Balaban J connectivity index is 1.59. The van der Waals surface area contributed by atoms with Gasteiger partial charge in [0.1, 0.15) is 17.5 Å². The molecule has 7 heteroatoms. The average Bonchev–Trinajstić information content (AvgIpc) is 3.22. The van der Waals surface area contributed by atoms with Crippen molar-refractivity contribution in [1.82, 2.24) is 9.80 Å². The van der Waals surface area contributed by atoms with Gasteiger partial charge in [-0.15, -0.1) is 0 Å². The number of halogens is 3. The molecule has 1 N–H and O–H groups in total. The van der Waals surface area contributed by atoms with Gasteiger partial charge in [0.2, 0.25) is 5.91 Å². The van der Waals surface area contributed by atoms with Crippen LogP contribution < -0.4 is 0 Å². The van der Waals surface area contributed by atoms with Gasteiger partial charge in [-0.05, 0) is 43.2 Å². The predicted octanol–water partition coefficient (Wildman–Crippen LogP) is 4.53. The smallest absolute Gasteiger partial charge is 0.227 e. The number of piperidine rings is 1. The van der Waals surface area contributed by atoms with Crippen LogP contribution in [-0.2, 0) is 10.4 Å². The van der Waals surface area contributed by atoms with Crippen LogP contribution in [0.15, 0.2) is 42.5 Å². The van der Waals surface area contributed by atoms with E-state index >= 15 is 0 Å². The Bertz CT molecular complexity index is 1030. The highest BCUT2D eigenvalue weighted by Gasteiger charge is 2.49. The molecule has 0 saturated carbocycles. The fraction of sp³-hybridized carbons (Fsp3) is 0.519. The van der Waals surface area contributed by atoms with Gasteiger partial charge < -0.3 is 10.0 Å². The van der Waals surface area contributed by atoms with Crippen molar-refractivity contribution in [2.24, 2.45) is 17.8 Å². The highest BCUT2D eigenvalue weighted by atomic mass is 19.1. The number of hydrogen-bond donors (Lipinski definition) is 1. The van der Waals surface area contributed by atoms with Crippen molar-refractivity contribution in [3.8, 4) is 0 Å². The second-order valence-corrected chi connectivity index (χ2v) is 10.3. The van der Waals surface area contributed by atoms with Crippen molar-refractivity contribution >= 4 is 5.91 Å². The summed E-state index contributed by atoms with van der Waals surface area (Å²) in [5.41, 5.74) is -0.185. The summed E-state index contributed by atoms with van der Waals surface area (Å²) in [6, 6.07) is 9.64. The van der Waals surface area contributed by atoms with Gasteiger partial charge in [-0.3, -0.25) is 9.69 Å². The molecule has 2 aromatic rings. The van der Waals surface area contributed by atoms with Crippen LogP contribution in [0.25, 0.3) is 0 Å². The van der Waals surface area contributed by atoms with Gasteiger partial charge in [0.05, 0.1) is 11.5 Å². The third kappa shape index (κ3) is 4.36. The van der Waals surface area contributed by atoms with E-state index in [4.69, 9.17) is 0 Å². The number of aliphatic hydroxyl groups is 1. The van der Waals surface area contributed by atoms with Crippen molar-refractivity contribution in [2.45, 2.75) is 45.3 Å². The van der Waals surface area contributed by atoms with Crippen molar-refractivity contribution in [3.05, 3.63) is 71.0 Å². The van der Waals surface area contributed by atoms with Crippen molar-refractivity contribution in [2.75, 3.05) is 26.2 Å². The van der Waals surface area contributed by atoms with Gasteiger partial charge in [0, 0.05) is 56.0 Å². The van der Waals surface area contributed by atoms with Gasteiger partial charge in [-0.25, -0.2) is 13.2 Å². The van der Waals surface area contributed by atoms with Crippen molar-refractivity contribution in [3.63, 3.8) is 0 Å². The van der Waals surface area contributed by atoms with Gasteiger partial charge >= 0.3 is 0 Å². The monoisotopic (exact) mass is 474 g/mol. The van der Waals surface area contributed by atoms with E-state index in [1.807, 2.05) is 27.7 Å². The molecule has 2 saturated heterocycles. The molecule has 0 aromatic heterocycles. The Morgan fingerprint density at radius 2 is 1.53 bits per heavy atom. The molecule has 2 aliphatic heterocycles. The third-order valence-corrected chi connectivity index (χ3v) is 7.87. The molecule has 2 fully saturated rings. The highest BCUT2D eigenvalue weighted by Crippen LogP contribution is 2.43. The molecular formula is C27H33F3N2O2. The van der Waals surface area contributed by atoms with Crippen LogP contribution in [0.1, 0.15) is 44.7 Å². The molecule has 0 spiro atoms. The molecular weight excluding hydrogens is 441 g/mol. The van der Waals surface area contributed by atoms with Crippen LogP contribution in [0.4, 0.5) is 13.2 Å². The summed E-state index contributed by atoms with van der Waals surface area (Å²) < 4.78 is 41.7. The number of carbonyl (C=O) groups is 1. The number of hydrogen-bond acceptors (Lipinski definition) is 3. The first kappa shape index (κ1) is 24.7. The quantitative estimate of drug-likeness (QED) is 0.708. The van der Waals surface area contributed by atoms with E-state index in [-0.39, 0.29) is 35.5 Å². The van der Waals surface area contributed by atoms with Crippen LogP contribution in [0.5, 0.6) is 0 Å². The summed E-state index contributed by atoms with van der Waals surface area (Å²) >= 11 is 0. The first-order valence-corrected chi connectivity index (χ1v) is 12.0. The number of benzene rings is 2. The van der Waals surface area contributed by atoms with Gasteiger partial charge in [-0.1, -0.05) is 32.0 Å². The lowest BCUT2D eigenvalue weighted by atomic mass is 9.70. The fourth-order valence-corrected chi connectivity index (χ4v) is 5.82. The standard InChI is InChI=1S/C27H33F3N2O2/c1-16(2)31-14-23(22-10-9-21(29)11-25(22)30)24(15-31)26(33)32-12-17(3)27(34,18(4)13-32)19-5-7-20(28)8-6-19/h5-11,16-18,23-24,34H,12-15H2,1-4H3/t17-,18+,23-,24+,27-/m0/s1. The van der Waals surface area contributed by atoms with E-state index in [1.54, 1.807) is 17.0 Å². The Morgan fingerprint density at radius 3 is 2.09 bits per heavy atom. The van der Waals surface area contributed by atoms with Crippen molar-refractivity contribution in [1.29, 1.82) is 0 Å². The minimum atomic E-state index is -1.19. The molecule has 4 rings (SSSR count). The number of rotatable bonds is 4. The lowest BCUT2D eigenvalue weighted by molar-refractivity contribution is -0.152. The third-order valence-electron chi connectivity index (χ3n) is 7.87. The minimum absolute atomic E-state index is 0.0725. The summed E-state index contributed by atoms with van der Waals surface area (Å²) in [6.07, 6.45) is 0. The molecule has 2 heterocycles. The molecule has 34 heavy (non-hydrogen) atoms. The van der Waals surface area contributed by atoms with E-state index in [0.29, 0.717) is 37.3 Å². The first-order chi connectivity index (χ1) is 16.0. The Labute approximate surface area is 199 Å². The number of likely N-dealkylation sites (tertiary alicyclic amines) is 2. The molecule has 0 aliphatic carbocycles. The summed E-state index contributed by atoms with van der Waals surface area (Å²) in [6.45, 7) is 9.57. The van der Waals surface area contributed by atoms with Crippen LogP contribution in [0, 0.1) is 35.2 Å². The van der Waals surface area contributed by atoms with Gasteiger partial charge in [0.15, 0.2) is 0 Å². The Kier molecular flexibility index (Phi) is 6.80. The molecule has 1 amide bonds. The topological polar surface area (TPSA) is 43.8 Å². The summed E-state index contributed by atoms with van der Waals surface area (Å²) in [5.74, 6) is -3.10. The average molecular weight is 475 g/mol. The molecule has 4 nitrogen and oxygen atoms in total. The number of amides is 1. The summed E-state index contributed by atoms with van der Waals surface area (Å²) in [4.78, 5) is 17.7. The van der Waals surface area contributed by atoms with E-state index in [1.165, 1.54) is 24.3 Å². The van der Waals surface area contributed by atoms with Gasteiger partial charge in [0.25, 0.3) is 0 Å². The summed E-state index contributed by atoms with van der Waals surface area (Å²) in [7, 11) is 0. The SMILES string of the molecule is CC(C)N1C[C@@H](C(=O)N2C[C@@H](C)[C@](O)(c3ccc(F)cc3)[C@@H](C)C2)[C@H](c2ccc(F)cc2F)C1. The van der Waals surface area contributed by atoms with Gasteiger partial charge in [-0.2, -0.15) is 0 Å². The second-order valence-electron chi connectivity index (χ2n) is 10.3. The number of nitrogens with zero attached hydrogens (tertiary/aromatic N) is 2. The van der Waals surface area contributed by atoms with Crippen LogP contribution in [-0.4, -0.2) is 53.0 Å². The molecule has 2 aliphatic rings. The molecule has 5 atom stereocenters. The van der Waals surface area contributed by atoms with E-state index in [9.17, 15) is 23.1 Å². The minimum Gasteiger partial charge on any atom is -0.384 e.